The summed E-state index contributed by atoms with van der Waals surface area (Å²) in [6, 6.07) is 14.7. The smallest absolute Gasteiger partial charge is 0.409 e. The number of aromatic nitrogens is 2. The lowest BCUT2D eigenvalue weighted by Crippen LogP contribution is -2.32. The van der Waals surface area contributed by atoms with Gasteiger partial charge in [-0.3, -0.25) is 4.84 Å². The van der Waals surface area contributed by atoms with Gasteiger partial charge in [0.25, 0.3) is 0 Å². The zero-order chi connectivity index (χ0) is 20.1. The Morgan fingerprint density at radius 1 is 1.11 bits per heavy atom. The molecule has 1 amide bonds. The van der Waals surface area contributed by atoms with Crippen molar-refractivity contribution in [3.63, 3.8) is 0 Å². The van der Waals surface area contributed by atoms with E-state index >= 15 is 0 Å². The predicted octanol–water partition coefficient (Wildman–Crippen LogP) is 4.32. The van der Waals surface area contributed by atoms with Crippen molar-refractivity contribution in [3.05, 3.63) is 66.1 Å². The molecule has 1 heterocycles. The summed E-state index contributed by atoms with van der Waals surface area (Å²) in [6.07, 6.45) is -5.42. The Labute approximate surface area is 157 Å². The van der Waals surface area contributed by atoms with Crippen molar-refractivity contribution < 1.29 is 32.1 Å². The van der Waals surface area contributed by atoms with E-state index in [1.54, 1.807) is 42.5 Å². The van der Waals surface area contributed by atoms with Crippen LogP contribution in [0, 0.1) is 0 Å². The fourth-order valence-corrected chi connectivity index (χ4v) is 2.22. The standard InChI is InChI=1S/C18H14F3N3O4/c1-26-24(17(25)27-14-5-3-2-4-6-14)11-12-7-9-13(10-8-12)15-22-16(28-23-15)18(19,20)21/h2-10H,11H2,1H3. The number of benzene rings is 2. The fourth-order valence-electron chi connectivity index (χ4n) is 2.22. The van der Waals surface area contributed by atoms with E-state index in [4.69, 9.17) is 9.57 Å². The normalized spacial score (nSPS) is 11.3. The highest BCUT2D eigenvalue weighted by molar-refractivity contribution is 5.69. The lowest BCUT2D eigenvalue weighted by Gasteiger charge is -2.19. The Hall–Kier alpha value is -3.40. The van der Waals surface area contributed by atoms with Crippen molar-refractivity contribution in [3.8, 4) is 17.1 Å². The topological polar surface area (TPSA) is 77.7 Å². The maximum absolute atomic E-state index is 12.5. The van der Waals surface area contributed by atoms with Gasteiger partial charge in [0, 0.05) is 5.56 Å². The van der Waals surface area contributed by atoms with E-state index in [1.807, 2.05) is 0 Å². The van der Waals surface area contributed by atoms with Crippen LogP contribution in [-0.2, 0) is 17.6 Å². The molecule has 0 unspecified atom stereocenters. The van der Waals surface area contributed by atoms with E-state index in [0.29, 0.717) is 16.9 Å². The molecule has 3 rings (SSSR count). The third-order valence-electron chi connectivity index (χ3n) is 3.58. The van der Waals surface area contributed by atoms with Gasteiger partial charge in [0.2, 0.25) is 5.82 Å². The largest absolute Gasteiger partial charge is 0.471 e. The Balaban J connectivity index is 1.67. The van der Waals surface area contributed by atoms with Gasteiger partial charge in [-0.1, -0.05) is 47.6 Å². The van der Waals surface area contributed by atoms with Crippen molar-refractivity contribution >= 4 is 6.09 Å². The lowest BCUT2D eigenvalue weighted by atomic mass is 10.1. The Morgan fingerprint density at radius 2 is 1.79 bits per heavy atom. The van der Waals surface area contributed by atoms with Crippen LogP contribution in [0.3, 0.4) is 0 Å². The van der Waals surface area contributed by atoms with E-state index in [-0.39, 0.29) is 12.4 Å². The van der Waals surface area contributed by atoms with Crippen molar-refractivity contribution in [1.29, 1.82) is 0 Å². The molecule has 0 aliphatic heterocycles. The summed E-state index contributed by atoms with van der Waals surface area (Å²) in [5.41, 5.74) is 0.981. The van der Waals surface area contributed by atoms with Gasteiger partial charge in [0.05, 0.1) is 13.7 Å². The molecule has 3 aromatic rings. The van der Waals surface area contributed by atoms with Crippen LogP contribution in [0.2, 0.25) is 0 Å². The zero-order valence-electron chi connectivity index (χ0n) is 14.5. The molecule has 1 aromatic heterocycles. The molecule has 10 heteroatoms. The molecule has 0 bridgehead atoms. The number of rotatable bonds is 5. The second kappa shape index (κ2) is 8.09. The van der Waals surface area contributed by atoms with Gasteiger partial charge >= 0.3 is 18.2 Å². The van der Waals surface area contributed by atoms with E-state index < -0.39 is 18.2 Å². The van der Waals surface area contributed by atoms with E-state index in [9.17, 15) is 18.0 Å². The van der Waals surface area contributed by atoms with Crippen LogP contribution in [0.4, 0.5) is 18.0 Å². The van der Waals surface area contributed by atoms with Crippen molar-refractivity contribution in [2.24, 2.45) is 0 Å². The average Bonchev–Trinajstić information content (AvgIpc) is 3.18. The van der Waals surface area contributed by atoms with Crippen LogP contribution in [0.5, 0.6) is 5.75 Å². The van der Waals surface area contributed by atoms with Crippen LogP contribution in [0.15, 0.2) is 59.1 Å². The molecule has 0 saturated heterocycles. The van der Waals surface area contributed by atoms with Gasteiger partial charge in [-0.25, -0.2) is 4.79 Å². The van der Waals surface area contributed by atoms with Gasteiger partial charge < -0.3 is 9.26 Å². The van der Waals surface area contributed by atoms with Gasteiger partial charge in [-0.15, -0.1) is 0 Å². The number of nitrogens with zero attached hydrogens (tertiary/aromatic N) is 3. The minimum Gasteiger partial charge on any atom is -0.409 e. The average molecular weight is 393 g/mol. The summed E-state index contributed by atoms with van der Waals surface area (Å²) < 4.78 is 47.0. The second-order valence-corrected chi connectivity index (χ2v) is 5.52. The first-order valence-electron chi connectivity index (χ1n) is 7.95. The number of para-hydroxylation sites is 1. The van der Waals surface area contributed by atoms with Crippen molar-refractivity contribution in [2.45, 2.75) is 12.7 Å². The molecule has 28 heavy (non-hydrogen) atoms. The lowest BCUT2D eigenvalue weighted by molar-refractivity contribution is -0.159. The molecule has 2 aromatic carbocycles. The third kappa shape index (κ3) is 4.65. The maximum Gasteiger partial charge on any atom is 0.471 e. The van der Waals surface area contributed by atoms with Crippen LogP contribution in [0.1, 0.15) is 11.5 Å². The Morgan fingerprint density at radius 3 is 2.36 bits per heavy atom. The first kappa shape index (κ1) is 19.4. The highest BCUT2D eigenvalue weighted by Crippen LogP contribution is 2.29. The molecular weight excluding hydrogens is 379 g/mol. The molecule has 0 aliphatic rings. The number of carbonyl (C=O) groups excluding carboxylic acids is 1. The number of amides is 1. The number of alkyl halides is 3. The zero-order valence-corrected chi connectivity index (χ0v) is 14.5. The second-order valence-electron chi connectivity index (χ2n) is 5.52. The number of hydroxylamine groups is 2. The number of hydrogen-bond acceptors (Lipinski definition) is 6. The minimum atomic E-state index is -4.71. The number of hydrogen-bond donors (Lipinski definition) is 0. The molecular formula is C18H14F3N3O4. The van der Waals surface area contributed by atoms with Crippen molar-refractivity contribution in [1.82, 2.24) is 15.2 Å². The molecule has 7 nitrogen and oxygen atoms in total. The molecule has 0 N–H and O–H groups in total. The molecule has 0 saturated carbocycles. The summed E-state index contributed by atoms with van der Waals surface area (Å²) in [5.74, 6) is -1.24. The number of ether oxygens (including phenoxy) is 1. The highest BCUT2D eigenvalue weighted by Gasteiger charge is 2.38. The molecule has 146 valence electrons. The van der Waals surface area contributed by atoms with Crippen LogP contribution in [-0.4, -0.2) is 28.4 Å². The van der Waals surface area contributed by atoms with Gasteiger partial charge in [-0.05, 0) is 17.7 Å². The van der Waals surface area contributed by atoms with E-state index in [0.717, 1.165) is 5.06 Å². The quantitative estimate of drug-likeness (QED) is 0.601. The van der Waals surface area contributed by atoms with Crippen LogP contribution in [0.25, 0.3) is 11.4 Å². The molecule has 0 radical (unpaired) electrons. The first-order valence-corrected chi connectivity index (χ1v) is 7.95. The maximum atomic E-state index is 12.5. The fraction of sp³-hybridized carbons (Fsp3) is 0.167. The van der Waals surface area contributed by atoms with E-state index in [1.165, 1.54) is 19.2 Å². The Kier molecular flexibility index (Phi) is 5.59. The minimum absolute atomic E-state index is 0.0580. The molecule has 0 aliphatic carbocycles. The first-order chi connectivity index (χ1) is 13.4. The summed E-state index contributed by atoms with van der Waals surface area (Å²) in [5, 5.41) is 4.32. The summed E-state index contributed by atoms with van der Waals surface area (Å²) in [7, 11) is 1.32. The molecule has 0 atom stereocenters. The predicted molar refractivity (Wildman–Crippen MR) is 89.8 cm³/mol. The summed E-state index contributed by atoms with van der Waals surface area (Å²) >= 11 is 0. The van der Waals surface area contributed by atoms with E-state index in [2.05, 4.69) is 14.7 Å². The van der Waals surface area contributed by atoms with Crippen molar-refractivity contribution in [2.75, 3.05) is 7.11 Å². The van der Waals surface area contributed by atoms with Gasteiger partial charge in [0.1, 0.15) is 5.75 Å². The monoisotopic (exact) mass is 393 g/mol. The van der Waals surface area contributed by atoms with Crippen LogP contribution >= 0.6 is 0 Å². The highest BCUT2D eigenvalue weighted by atomic mass is 19.4. The number of halogens is 3. The number of carbonyl (C=O) groups is 1. The molecule has 0 spiro atoms. The van der Waals surface area contributed by atoms with Gasteiger partial charge in [-0.2, -0.15) is 23.2 Å². The molecule has 0 fully saturated rings. The summed E-state index contributed by atoms with van der Waals surface area (Å²) in [6.45, 7) is 0.0580. The summed E-state index contributed by atoms with van der Waals surface area (Å²) in [4.78, 5) is 20.5. The third-order valence-corrected chi connectivity index (χ3v) is 3.58. The van der Waals surface area contributed by atoms with Gasteiger partial charge in [0.15, 0.2) is 0 Å². The Bertz CT molecular complexity index is 927. The SMILES string of the molecule is CON(Cc1ccc(-c2noc(C(F)(F)F)n2)cc1)C(=O)Oc1ccccc1. The van der Waals surface area contributed by atoms with Crippen LogP contribution < -0.4 is 4.74 Å².